The van der Waals surface area contributed by atoms with E-state index in [1.54, 1.807) is 0 Å². The Bertz CT molecular complexity index is 3220. The van der Waals surface area contributed by atoms with E-state index >= 15 is 0 Å². The zero-order valence-corrected chi connectivity index (χ0v) is 28.9. The largest absolute Gasteiger partial charge is 0.455 e. The molecule has 11 rings (SSSR count). The minimum Gasteiger partial charge on any atom is -0.455 e. The predicted octanol–water partition coefficient (Wildman–Crippen LogP) is 13.2. The fraction of sp³-hybridized carbons (Fsp3) is 0. The van der Waals surface area contributed by atoms with Gasteiger partial charge in [0.2, 0.25) is 0 Å². The van der Waals surface area contributed by atoms with Crippen molar-refractivity contribution in [3.05, 3.63) is 176 Å². The summed E-state index contributed by atoms with van der Waals surface area (Å²) in [6.07, 6.45) is 0. The number of hydrogen-bond donors (Lipinski definition) is 0. The second-order valence-electron chi connectivity index (χ2n) is 13.5. The van der Waals surface area contributed by atoms with Crippen LogP contribution in [0.25, 0.3) is 111 Å². The van der Waals surface area contributed by atoms with E-state index in [1.807, 2.05) is 66.7 Å². The molecule has 0 amide bonds. The Morgan fingerprint density at radius 3 is 1.57 bits per heavy atom. The first-order valence-corrected chi connectivity index (χ1v) is 18.0. The van der Waals surface area contributed by atoms with Gasteiger partial charge in [-0.2, -0.15) is 0 Å². The molecule has 0 atom stereocenters. The van der Waals surface area contributed by atoms with Crippen molar-refractivity contribution in [1.29, 1.82) is 0 Å². The Morgan fingerprint density at radius 1 is 0.278 bits per heavy atom. The van der Waals surface area contributed by atoms with Crippen molar-refractivity contribution >= 4 is 54.6 Å². The van der Waals surface area contributed by atoms with Crippen molar-refractivity contribution < 1.29 is 8.83 Å². The van der Waals surface area contributed by atoms with E-state index in [4.69, 9.17) is 23.8 Å². The van der Waals surface area contributed by atoms with Crippen LogP contribution in [0.3, 0.4) is 0 Å². The fourth-order valence-electron chi connectivity index (χ4n) is 7.90. The van der Waals surface area contributed by atoms with Gasteiger partial charge in [-0.3, -0.25) is 0 Å². The molecule has 0 saturated heterocycles. The molecule has 0 N–H and O–H groups in total. The zero-order chi connectivity index (χ0) is 35.6. The zero-order valence-electron chi connectivity index (χ0n) is 28.9. The third-order valence-corrected chi connectivity index (χ3v) is 10.4. The van der Waals surface area contributed by atoms with Crippen LogP contribution >= 0.6 is 0 Å². The number of para-hydroxylation sites is 3. The van der Waals surface area contributed by atoms with Crippen LogP contribution in [0.2, 0.25) is 0 Å². The molecule has 3 heterocycles. The molecule has 0 aliphatic heterocycles. The van der Waals surface area contributed by atoms with Crippen molar-refractivity contribution in [3.8, 4) is 56.4 Å². The first-order chi connectivity index (χ1) is 26.8. The van der Waals surface area contributed by atoms with Gasteiger partial charge < -0.3 is 8.83 Å². The van der Waals surface area contributed by atoms with Gasteiger partial charge >= 0.3 is 0 Å². The summed E-state index contributed by atoms with van der Waals surface area (Å²) in [6, 6.07) is 60.3. The highest BCUT2D eigenvalue weighted by Crippen LogP contribution is 2.44. The normalized spacial score (nSPS) is 11.7. The first-order valence-electron chi connectivity index (χ1n) is 18.0. The van der Waals surface area contributed by atoms with Crippen molar-refractivity contribution in [2.75, 3.05) is 0 Å². The standard InChI is InChI=1S/C49H29N3O2/c1-3-14-30(15-4-1)32-21-11-24-40-44-37(22-13-27-43(44)54-45(32)40)35-28-29-39(34-19-8-7-18-33(34)35)48-50-47(31-16-5-2-6-17-31)51-49(52-48)41-25-12-23-38-36-20-9-10-26-42(36)53-46(38)41/h1-29H. The van der Waals surface area contributed by atoms with Crippen molar-refractivity contribution in [3.63, 3.8) is 0 Å². The second kappa shape index (κ2) is 12.1. The van der Waals surface area contributed by atoms with E-state index < -0.39 is 0 Å². The Kier molecular flexibility index (Phi) is 6.79. The summed E-state index contributed by atoms with van der Waals surface area (Å²) in [4.78, 5) is 15.4. The van der Waals surface area contributed by atoms with Crippen LogP contribution in [0, 0.1) is 0 Å². The molecular formula is C49H29N3O2. The van der Waals surface area contributed by atoms with E-state index in [2.05, 4.69) is 109 Å². The van der Waals surface area contributed by atoms with Crippen LogP contribution in [0.4, 0.5) is 0 Å². The Morgan fingerprint density at radius 2 is 0.778 bits per heavy atom. The lowest BCUT2D eigenvalue weighted by Crippen LogP contribution is -2.01. The molecule has 8 aromatic carbocycles. The lowest BCUT2D eigenvalue weighted by atomic mass is 9.92. The van der Waals surface area contributed by atoms with Crippen LogP contribution in [-0.4, -0.2) is 15.0 Å². The molecule has 0 bridgehead atoms. The van der Waals surface area contributed by atoms with E-state index in [0.29, 0.717) is 17.5 Å². The van der Waals surface area contributed by atoms with Gasteiger partial charge in [-0.1, -0.05) is 152 Å². The van der Waals surface area contributed by atoms with Gasteiger partial charge in [0, 0.05) is 38.2 Å². The average molecular weight is 692 g/mol. The van der Waals surface area contributed by atoms with Gasteiger partial charge in [0.05, 0.1) is 5.56 Å². The number of aromatic nitrogens is 3. The summed E-state index contributed by atoms with van der Waals surface area (Å²) in [5.74, 6) is 1.75. The molecule has 0 saturated carbocycles. The number of benzene rings is 8. The Hall–Kier alpha value is -7.37. The van der Waals surface area contributed by atoms with Gasteiger partial charge in [0.15, 0.2) is 17.5 Å². The monoisotopic (exact) mass is 691 g/mol. The minimum atomic E-state index is 0.556. The molecule has 54 heavy (non-hydrogen) atoms. The fourth-order valence-corrected chi connectivity index (χ4v) is 7.90. The predicted molar refractivity (Wildman–Crippen MR) is 219 cm³/mol. The molecule has 0 unspecified atom stereocenters. The SMILES string of the molecule is c1ccc(-c2nc(-c3ccc(-c4cccc5oc6c(-c7ccccc7)cccc6c45)c4ccccc34)nc(-c3cccc4c3oc3ccccc34)n2)cc1. The lowest BCUT2D eigenvalue weighted by molar-refractivity contribution is 0.669. The summed E-state index contributed by atoms with van der Waals surface area (Å²) in [5.41, 5.74) is 10.4. The molecule has 5 nitrogen and oxygen atoms in total. The smallest absolute Gasteiger partial charge is 0.167 e. The maximum absolute atomic E-state index is 6.63. The molecule has 252 valence electrons. The third-order valence-electron chi connectivity index (χ3n) is 10.4. The highest BCUT2D eigenvalue weighted by atomic mass is 16.3. The molecule has 0 aliphatic rings. The lowest BCUT2D eigenvalue weighted by Gasteiger charge is -2.14. The molecule has 11 aromatic rings. The maximum Gasteiger partial charge on any atom is 0.167 e. The summed E-state index contributed by atoms with van der Waals surface area (Å²) in [6.45, 7) is 0. The van der Waals surface area contributed by atoms with Gasteiger partial charge in [-0.15, -0.1) is 0 Å². The van der Waals surface area contributed by atoms with Gasteiger partial charge in [0.25, 0.3) is 0 Å². The van der Waals surface area contributed by atoms with E-state index in [9.17, 15) is 0 Å². The summed E-state index contributed by atoms with van der Waals surface area (Å²) in [5, 5.41) is 6.41. The van der Waals surface area contributed by atoms with Gasteiger partial charge in [0.1, 0.15) is 22.3 Å². The van der Waals surface area contributed by atoms with Crippen molar-refractivity contribution in [2.24, 2.45) is 0 Å². The highest BCUT2D eigenvalue weighted by molar-refractivity contribution is 6.18. The van der Waals surface area contributed by atoms with Crippen LogP contribution in [0.15, 0.2) is 185 Å². The van der Waals surface area contributed by atoms with Crippen LogP contribution in [0.5, 0.6) is 0 Å². The molecule has 0 spiro atoms. The minimum absolute atomic E-state index is 0.556. The van der Waals surface area contributed by atoms with Crippen molar-refractivity contribution in [2.45, 2.75) is 0 Å². The van der Waals surface area contributed by atoms with E-state index in [0.717, 1.165) is 93.6 Å². The Labute approximate surface area is 309 Å². The quantitative estimate of drug-likeness (QED) is 0.180. The van der Waals surface area contributed by atoms with E-state index in [1.165, 1.54) is 0 Å². The second-order valence-corrected chi connectivity index (χ2v) is 13.5. The maximum atomic E-state index is 6.63. The van der Waals surface area contributed by atoms with Gasteiger partial charge in [-0.05, 0) is 51.7 Å². The number of furan rings is 2. The van der Waals surface area contributed by atoms with E-state index in [-0.39, 0.29) is 0 Å². The molecule has 0 fully saturated rings. The van der Waals surface area contributed by atoms with Crippen molar-refractivity contribution in [1.82, 2.24) is 15.0 Å². The molecule has 3 aromatic heterocycles. The van der Waals surface area contributed by atoms with Crippen LogP contribution < -0.4 is 0 Å². The summed E-state index contributed by atoms with van der Waals surface area (Å²) < 4.78 is 13.1. The molecule has 5 heteroatoms. The number of nitrogens with zero attached hydrogens (tertiary/aromatic N) is 3. The molecule has 0 radical (unpaired) electrons. The van der Waals surface area contributed by atoms with Crippen LogP contribution in [0.1, 0.15) is 0 Å². The topological polar surface area (TPSA) is 65.0 Å². The molecule has 0 aliphatic carbocycles. The summed E-state index contributed by atoms with van der Waals surface area (Å²) in [7, 11) is 0. The van der Waals surface area contributed by atoms with Gasteiger partial charge in [-0.25, -0.2) is 15.0 Å². The third kappa shape index (κ3) is 4.76. The number of hydrogen-bond acceptors (Lipinski definition) is 5. The molecular weight excluding hydrogens is 663 g/mol. The Balaban J connectivity index is 1.13. The number of rotatable bonds is 5. The average Bonchev–Trinajstić information content (AvgIpc) is 3.83. The van der Waals surface area contributed by atoms with Crippen LogP contribution in [-0.2, 0) is 0 Å². The highest BCUT2D eigenvalue weighted by Gasteiger charge is 2.21. The first kappa shape index (κ1) is 30.3. The summed E-state index contributed by atoms with van der Waals surface area (Å²) >= 11 is 0. The number of fused-ring (bicyclic) bond motifs is 7.